The lowest BCUT2D eigenvalue weighted by atomic mass is 10.1. The van der Waals surface area contributed by atoms with Gasteiger partial charge in [0.05, 0.1) is 11.4 Å². The third-order valence-electron chi connectivity index (χ3n) is 5.88. The van der Waals surface area contributed by atoms with Crippen LogP contribution in [0.15, 0.2) is 22.4 Å². The Labute approximate surface area is 198 Å². The van der Waals surface area contributed by atoms with E-state index in [1.54, 1.807) is 4.90 Å². The van der Waals surface area contributed by atoms with E-state index in [0.717, 1.165) is 37.3 Å². The number of piperidine rings is 1. The molecule has 0 spiro atoms. The molecule has 0 unspecified atom stereocenters. The Morgan fingerprint density at radius 1 is 1.21 bits per heavy atom. The molecule has 186 valence electrons. The highest BCUT2D eigenvalue weighted by Crippen LogP contribution is 2.35. The molecule has 2 aromatic rings. The second kappa shape index (κ2) is 9.30. The van der Waals surface area contributed by atoms with Crippen LogP contribution in [-0.2, 0) is 32.8 Å². The van der Waals surface area contributed by atoms with Crippen LogP contribution in [0, 0.1) is 0 Å². The monoisotopic (exact) mass is 519 g/mol. The fourth-order valence-corrected chi connectivity index (χ4v) is 6.64. The second-order valence-electron chi connectivity index (χ2n) is 8.32. The number of carbonyl (C=O) groups is 2. The molecular formula is C20H24F3N5O4S2. The smallest absolute Gasteiger partial charge is 0.341 e. The van der Waals surface area contributed by atoms with Crippen molar-refractivity contribution in [3.8, 4) is 10.6 Å². The van der Waals surface area contributed by atoms with Gasteiger partial charge in [0.15, 0.2) is 0 Å². The molecule has 0 radical (unpaired) electrons. The zero-order chi connectivity index (χ0) is 24.7. The molecular weight excluding hydrogens is 495 g/mol. The first-order valence-corrected chi connectivity index (χ1v) is 13.1. The normalized spacial score (nSPS) is 19.8. The van der Waals surface area contributed by atoms with Gasteiger partial charge in [0, 0.05) is 26.7 Å². The fraction of sp³-hybridized carbons (Fsp3) is 0.550. The number of sulfonamides is 1. The molecule has 2 aliphatic rings. The standard InChI is InChI=1S/C20H24F3N5O4S2/c1-26-16(20(21,22)23)11-14(24-26)15-6-7-18(33-15)34(31,32)25-13-5-4-10-28(19(13)30)12-17(29)27-8-2-3-9-27/h6-7,11,13,25H,2-5,8-10,12H2,1H3/t13-/m0/s1. The molecule has 2 fully saturated rings. The van der Waals surface area contributed by atoms with E-state index in [0.29, 0.717) is 37.2 Å². The molecule has 34 heavy (non-hydrogen) atoms. The molecule has 2 amide bonds. The van der Waals surface area contributed by atoms with Crippen LogP contribution in [0.25, 0.3) is 10.6 Å². The van der Waals surface area contributed by atoms with Gasteiger partial charge in [-0.15, -0.1) is 11.3 Å². The van der Waals surface area contributed by atoms with Crippen molar-refractivity contribution in [1.82, 2.24) is 24.3 Å². The molecule has 2 saturated heterocycles. The van der Waals surface area contributed by atoms with Crippen molar-refractivity contribution < 1.29 is 31.2 Å². The Morgan fingerprint density at radius 3 is 2.56 bits per heavy atom. The largest absolute Gasteiger partial charge is 0.433 e. The summed E-state index contributed by atoms with van der Waals surface area (Å²) < 4.78 is 67.9. The van der Waals surface area contributed by atoms with Crippen LogP contribution >= 0.6 is 11.3 Å². The molecule has 2 aromatic heterocycles. The van der Waals surface area contributed by atoms with Gasteiger partial charge >= 0.3 is 6.18 Å². The van der Waals surface area contributed by atoms with Crippen LogP contribution in [0.1, 0.15) is 31.4 Å². The number of halogens is 3. The summed E-state index contributed by atoms with van der Waals surface area (Å²) in [4.78, 5) is 28.6. The molecule has 4 heterocycles. The molecule has 1 N–H and O–H groups in total. The fourth-order valence-electron chi connectivity index (χ4n) is 4.14. The summed E-state index contributed by atoms with van der Waals surface area (Å²) in [5.74, 6) is -0.607. The SMILES string of the molecule is Cn1nc(-c2ccc(S(=O)(=O)N[C@H]3CCCN(CC(=O)N4CCCC4)C3=O)s2)cc1C(F)(F)F. The number of hydrogen-bond acceptors (Lipinski definition) is 6. The molecule has 14 heteroatoms. The van der Waals surface area contributed by atoms with Gasteiger partial charge in [-0.05, 0) is 43.9 Å². The number of carbonyl (C=O) groups excluding carboxylic acids is 2. The molecule has 4 rings (SSSR count). The van der Waals surface area contributed by atoms with Gasteiger partial charge in [-0.25, -0.2) is 8.42 Å². The van der Waals surface area contributed by atoms with Gasteiger partial charge in [0.25, 0.3) is 10.0 Å². The third kappa shape index (κ3) is 5.13. The number of nitrogens with zero attached hydrogens (tertiary/aromatic N) is 4. The average Bonchev–Trinajstić information content (AvgIpc) is 3.50. The Hall–Kier alpha value is -2.45. The highest BCUT2D eigenvalue weighted by Gasteiger charge is 2.36. The molecule has 2 aliphatic heterocycles. The number of hydrogen-bond donors (Lipinski definition) is 1. The Kier molecular flexibility index (Phi) is 6.75. The first-order valence-electron chi connectivity index (χ1n) is 10.8. The van der Waals surface area contributed by atoms with E-state index < -0.39 is 33.8 Å². The van der Waals surface area contributed by atoms with Gasteiger partial charge in [0.1, 0.15) is 21.6 Å². The number of aromatic nitrogens is 2. The van der Waals surface area contributed by atoms with E-state index in [-0.39, 0.29) is 27.2 Å². The summed E-state index contributed by atoms with van der Waals surface area (Å²) in [5.41, 5.74) is -0.948. The van der Waals surface area contributed by atoms with Gasteiger partial charge in [-0.1, -0.05) is 0 Å². The van der Waals surface area contributed by atoms with Crippen LogP contribution in [-0.4, -0.2) is 72.0 Å². The average molecular weight is 520 g/mol. The van der Waals surface area contributed by atoms with E-state index in [9.17, 15) is 31.2 Å². The maximum absolute atomic E-state index is 13.0. The zero-order valence-corrected chi connectivity index (χ0v) is 20.0. The predicted molar refractivity (Wildman–Crippen MR) is 117 cm³/mol. The number of amides is 2. The van der Waals surface area contributed by atoms with Gasteiger partial charge < -0.3 is 9.80 Å². The van der Waals surface area contributed by atoms with Crippen molar-refractivity contribution in [3.63, 3.8) is 0 Å². The lowest BCUT2D eigenvalue weighted by Gasteiger charge is -2.33. The van der Waals surface area contributed by atoms with Gasteiger partial charge in [-0.2, -0.15) is 23.0 Å². The Bertz CT molecular complexity index is 1190. The summed E-state index contributed by atoms with van der Waals surface area (Å²) in [6, 6.07) is 2.50. The minimum atomic E-state index is -4.59. The zero-order valence-electron chi connectivity index (χ0n) is 18.3. The minimum Gasteiger partial charge on any atom is -0.341 e. The van der Waals surface area contributed by atoms with Crippen LogP contribution in [0.5, 0.6) is 0 Å². The summed E-state index contributed by atoms with van der Waals surface area (Å²) >= 11 is 0.764. The first-order chi connectivity index (χ1) is 16.0. The van der Waals surface area contributed by atoms with E-state index in [1.807, 2.05) is 0 Å². The molecule has 0 saturated carbocycles. The molecule has 0 aliphatic carbocycles. The van der Waals surface area contributed by atoms with E-state index >= 15 is 0 Å². The van der Waals surface area contributed by atoms with Crippen molar-refractivity contribution in [2.75, 3.05) is 26.2 Å². The maximum Gasteiger partial charge on any atom is 0.433 e. The molecule has 1 atom stereocenters. The van der Waals surface area contributed by atoms with E-state index in [1.165, 1.54) is 17.0 Å². The molecule has 0 bridgehead atoms. The Balaban J connectivity index is 1.45. The number of rotatable bonds is 6. The highest BCUT2D eigenvalue weighted by atomic mass is 32.2. The summed E-state index contributed by atoms with van der Waals surface area (Å²) in [6.07, 6.45) is -1.89. The van der Waals surface area contributed by atoms with Crippen LogP contribution in [0.4, 0.5) is 13.2 Å². The van der Waals surface area contributed by atoms with Crippen molar-refractivity contribution in [3.05, 3.63) is 23.9 Å². The van der Waals surface area contributed by atoms with Crippen molar-refractivity contribution in [1.29, 1.82) is 0 Å². The van der Waals surface area contributed by atoms with E-state index in [4.69, 9.17) is 0 Å². The van der Waals surface area contributed by atoms with Gasteiger partial charge in [-0.3, -0.25) is 14.3 Å². The molecule has 0 aromatic carbocycles. The number of alkyl halides is 3. The number of aryl methyl sites for hydroxylation is 1. The number of likely N-dealkylation sites (tertiary alicyclic amines) is 2. The lowest BCUT2D eigenvalue weighted by Crippen LogP contribution is -2.54. The lowest BCUT2D eigenvalue weighted by molar-refractivity contribution is -0.143. The van der Waals surface area contributed by atoms with Crippen molar-refractivity contribution in [2.24, 2.45) is 7.05 Å². The summed E-state index contributed by atoms with van der Waals surface area (Å²) in [5, 5.41) is 3.84. The predicted octanol–water partition coefficient (Wildman–Crippen LogP) is 2.06. The van der Waals surface area contributed by atoms with Crippen molar-refractivity contribution >= 4 is 33.2 Å². The second-order valence-corrected chi connectivity index (χ2v) is 11.3. The number of nitrogens with one attached hydrogen (secondary N) is 1. The third-order valence-corrected chi connectivity index (χ3v) is 8.95. The first kappa shape index (κ1) is 24.7. The van der Waals surface area contributed by atoms with Gasteiger partial charge in [0.2, 0.25) is 11.8 Å². The summed E-state index contributed by atoms with van der Waals surface area (Å²) in [6.45, 7) is 1.62. The van der Waals surface area contributed by atoms with Crippen molar-refractivity contribution in [2.45, 2.75) is 42.1 Å². The minimum absolute atomic E-state index is 0.00150. The topological polar surface area (TPSA) is 105 Å². The molecule has 9 nitrogen and oxygen atoms in total. The van der Waals surface area contributed by atoms with Crippen LogP contribution in [0.3, 0.4) is 0 Å². The Morgan fingerprint density at radius 2 is 1.91 bits per heavy atom. The maximum atomic E-state index is 13.0. The van der Waals surface area contributed by atoms with Crippen LogP contribution < -0.4 is 4.72 Å². The van der Waals surface area contributed by atoms with E-state index in [2.05, 4.69) is 9.82 Å². The quantitative estimate of drug-likeness (QED) is 0.629. The van der Waals surface area contributed by atoms with Crippen LogP contribution in [0.2, 0.25) is 0 Å². The highest BCUT2D eigenvalue weighted by molar-refractivity contribution is 7.91. The summed E-state index contributed by atoms with van der Waals surface area (Å²) in [7, 11) is -2.95. The number of thiophene rings is 1.